The largest absolute Gasteiger partial charge is 0.379 e. The van der Waals surface area contributed by atoms with Crippen LogP contribution in [0.25, 0.3) is 11.0 Å². The number of sulfonamides is 1. The van der Waals surface area contributed by atoms with E-state index in [1.807, 2.05) is 18.4 Å². The lowest BCUT2D eigenvalue weighted by Gasteiger charge is -2.26. The maximum absolute atomic E-state index is 13.0. The van der Waals surface area contributed by atoms with Crippen LogP contribution >= 0.6 is 11.8 Å². The number of nitrogens with zero attached hydrogens (tertiary/aromatic N) is 3. The predicted octanol–water partition coefficient (Wildman–Crippen LogP) is 3.25. The van der Waals surface area contributed by atoms with Gasteiger partial charge in [0.2, 0.25) is 15.9 Å². The number of nitrogens with one attached hydrogen (secondary N) is 1. The van der Waals surface area contributed by atoms with Gasteiger partial charge in [0.1, 0.15) is 0 Å². The molecule has 1 amide bonds. The highest BCUT2D eigenvalue weighted by molar-refractivity contribution is 7.99. The van der Waals surface area contributed by atoms with Crippen LogP contribution in [0.15, 0.2) is 28.3 Å². The van der Waals surface area contributed by atoms with Crippen LogP contribution in [0.4, 0.5) is 0 Å². The summed E-state index contributed by atoms with van der Waals surface area (Å²) in [5.74, 6) is 0.268. The number of amides is 1. The molecule has 1 atom stereocenters. The summed E-state index contributed by atoms with van der Waals surface area (Å²) in [4.78, 5) is 17.3. The highest BCUT2D eigenvalue weighted by Gasteiger charge is 2.27. The highest BCUT2D eigenvalue weighted by atomic mass is 32.2. The van der Waals surface area contributed by atoms with Crippen LogP contribution in [0.2, 0.25) is 0 Å². The molecule has 178 valence electrons. The van der Waals surface area contributed by atoms with Gasteiger partial charge in [-0.3, -0.25) is 4.79 Å². The number of rotatable bonds is 11. The summed E-state index contributed by atoms with van der Waals surface area (Å²) in [6.45, 7) is 8.44. The van der Waals surface area contributed by atoms with Crippen LogP contribution in [-0.4, -0.2) is 66.3 Å². The SMILES string of the molecule is CCCCCC(C)NC(=O)CSc1nc2cc(S(=O)(=O)N3CCOCC3)ccc2n1CC. The third-order valence-corrected chi connectivity index (χ3v) is 8.46. The van der Waals surface area contributed by atoms with Gasteiger partial charge < -0.3 is 14.6 Å². The molecule has 1 N–H and O–H groups in total. The molecule has 1 aromatic heterocycles. The fourth-order valence-electron chi connectivity index (χ4n) is 3.82. The Labute approximate surface area is 195 Å². The summed E-state index contributed by atoms with van der Waals surface area (Å²) in [6.07, 6.45) is 4.45. The van der Waals surface area contributed by atoms with Gasteiger partial charge in [-0.2, -0.15) is 4.31 Å². The Kier molecular flexibility index (Phi) is 8.98. The van der Waals surface area contributed by atoms with Gasteiger partial charge in [-0.1, -0.05) is 37.9 Å². The monoisotopic (exact) mass is 482 g/mol. The molecule has 0 spiro atoms. The molecule has 1 aliphatic rings. The van der Waals surface area contributed by atoms with Crippen molar-refractivity contribution in [2.75, 3.05) is 32.1 Å². The Balaban J connectivity index is 1.71. The van der Waals surface area contributed by atoms with Crippen molar-refractivity contribution in [1.29, 1.82) is 0 Å². The van der Waals surface area contributed by atoms with Gasteiger partial charge in [0, 0.05) is 25.7 Å². The molecule has 1 saturated heterocycles. The number of carbonyl (C=O) groups excluding carboxylic acids is 1. The molecule has 1 fully saturated rings. The van der Waals surface area contributed by atoms with Gasteiger partial charge in [-0.05, 0) is 38.5 Å². The van der Waals surface area contributed by atoms with E-state index in [0.29, 0.717) is 38.4 Å². The van der Waals surface area contributed by atoms with Crippen molar-refractivity contribution < 1.29 is 17.9 Å². The number of ether oxygens (including phenoxy) is 1. The third kappa shape index (κ3) is 6.03. The number of imidazole rings is 1. The number of morpholine rings is 1. The Morgan fingerprint density at radius 2 is 2.00 bits per heavy atom. The Bertz CT molecular complexity index is 1020. The first-order valence-corrected chi connectivity index (χ1v) is 13.8. The van der Waals surface area contributed by atoms with E-state index in [0.717, 1.165) is 23.5 Å². The second-order valence-electron chi connectivity index (χ2n) is 8.06. The molecule has 1 aromatic carbocycles. The van der Waals surface area contributed by atoms with Crippen molar-refractivity contribution in [3.05, 3.63) is 18.2 Å². The summed E-state index contributed by atoms with van der Waals surface area (Å²) in [5, 5.41) is 3.77. The van der Waals surface area contributed by atoms with E-state index >= 15 is 0 Å². The van der Waals surface area contributed by atoms with Crippen LogP contribution in [0.1, 0.15) is 46.5 Å². The van der Waals surface area contributed by atoms with E-state index < -0.39 is 10.0 Å². The molecule has 1 aliphatic heterocycles. The van der Waals surface area contributed by atoms with Crippen LogP contribution < -0.4 is 5.32 Å². The number of aryl methyl sites for hydroxylation is 1. The number of carbonyl (C=O) groups is 1. The van der Waals surface area contributed by atoms with Crippen LogP contribution in [0.5, 0.6) is 0 Å². The molecule has 2 heterocycles. The number of hydrogen-bond acceptors (Lipinski definition) is 6. The zero-order valence-electron chi connectivity index (χ0n) is 19.2. The summed E-state index contributed by atoms with van der Waals surface area (Å²) in [7, 11) is -3.58. The number of hydrogen-bond donors (Lipinski definition) is 1. The minimum Gasteiger partial charge on any atom is -0.379 e. The van der Waals surface area contributed by atoms with Gasteiger partial charge >= 0.3 is 0 Å². The molecule has 10 heteroatoms. The van der Waals surface area contributed by atoms with E-state index in [-0.39, 0.29) is 22.6 Å². The molecule has 0 bridgehead atoms. The first kappa shape index (κ1) is 25.0. The zero-order valence-corrected chi connectivity index (χ0v) is 20.8. The third-order valence-electron chi connectivity index (χ3n) is 5.59. The molecule has 32 heavy (non-hydrogen) atoms. The average Bonchev–Trinajstić information content (AvgIpc) is 3.15. The molecule has 0 radical (unpaired) electrons. The average molecular weight is 483 g/mol. The maximum Gasteiger partial charge on any atom is 0.243 e. The lowest BCUT2D eigenvalue weighted by Crippen LogP contribution is -2.40. The molecule has 3 rings (SSSR count). The van der Waals surface area contributed by atoms with E-state index in [1.165, 1.54) is 28.9 Å². The fourth-order valence-corrected chi connectivity index (χ4v) is 6.14. The van der Waals surface area contributed by atoms with Crippen molar-refractivity contribution in [1.82, 2.24) is 19.2 Å². The summed E-state index contributed by atoms with van der Waals surface area (Å²) in [5.41, 5.74) is 1.49. The van der Waals surface area contributed by atoms with Crippen LogP contribution in [0.3, 0.4) is 0 Å². The van der Waals surface area contributed by atoms with Crippen LogP contribution in [-0.2, 0) is 26.1 Å². The van der Waals surface area contributed by atoms with Gasteiger partial charge in [0.15, 0.2) is 5.16 Å². The number of thioether (sulfide) groups is 1. The Morgan fingerprint density at radius 3 is 2.69 bits per heavy atom. The first-order valence-electron chi connectivity index (χ1n) is 11.4. The first-order chi connectivity index (χ1) is 15.4. The fraction of sp³-hybridized carbons (Fsp3) is 0.636. The number of benzene rings is 1. The van der Waals surface area contributed by atoms with Crippen molar-refractivity contribution >= 4 is 38.7 Å². The van der Waals surface area contributed by atoms with Gasteiger partial charge in [-0.15, -0.1) is 0 Å². The molecular weight excluding hydrogens is 448 g/mol. The predicted molar refractivity (Wildman–Crippen MR) is 127 cm³/mol. The second kappa shape index (κ2) is 11.5. The topological polar surface area (TPSA) is 93.5 Å². The molecular formula is C22H34N4O4S2. The molecule has 8 nitrogen and oxygen atoms in total. The summed E-state index contributed by atoms with van der Waals surface area (Å²) in [6, 6.07) is 5.23. The summed E-state index contributed by atoms with van der Waals surface area (Å²) >= 11 is 1.38. The Hall–Kier alpha value is -1.62. The number of unbranched alkanes of at least 4 members (excludes halogenated alkanes) is 2. The van der Waals surface area contributed by atoms with E-state index in [9.17, 15) is 13.2 Å². The van der Waals surface area contributed by atoms with Gasteiger partial charge in [0.25, 0.3) is 0 Å². The second-order valence-corrected chi connectivity index (χ2v) is 10.9. The molecule has 0 aliphatic carbocycles. The molecule has 2 aromatic rings. The maximum atomic E-state index is 13.0. The van der Waals surface area contributed by atoms with Crippen molar-refractivity contribution in [2.24, 2.45) is 0 Å². The van der Waals surface area contributed by atoms with Gasteiger partial charge in [-0.25, -0.2) is 13.4 Å². The van der Waals surface area contributed by atoms with E-state index in [2.05, 4.69) is 17.2 Å². The number of fused-ring (bicyclic) bond motifs is 1. The molecule has 1 unspecified atom stereocenters. The lowest BCUT2D eigenvalue weighted by atomic mass is 10.1. The zero-order chi connectivity index (χ0) is 23.1. The lowest BCUT2D eigenvalue weighted by molar-refractivity contribution is -0.119. The molecule has 0 saturated carbocycles. The van der Waals surface area contributed by atoms with Crippen molar-refractivity contribution in [2.45, 2.75) is 69.1 Å². The van der Waals surface area contributed by atoms with Crippen molar-refractivity contribution in [3.8, 4) is 0 Å². The van der Waals surface area contributed by atoms with Gasteiger partial charge in [0.05, 0.1) is 34.9 Å². The minimum atomic E-state index is -3.58. The quantitative estimate of drug-likeness (QED) is 0.390. The normalized spacial score (nSPS) is 16.3. The smallest absolute Gasteiger partial charge is 0.243 e. The van der Waals surface area contributed by atoms with E-state index in [4.69, 9.17) is 4.74 Å². The standard InChI is InChI=1S/C22H34N4O4S2/c1-4-6-7-8-17(3)23-21(27)16-31-22-24-19-15-18(9-10-20(19)26(22)5-2)32(28,29)25-11-13-30-14-12-25/h9-10,15,17H,4-8,11-14,16H2,1-3H3,(H,23,27). The minimum absolute atomic E-state index is 0.00991. The highest BCUT2D eigenvalue weighted by Crippen LogP contribution is 2.27. The Morgan fingerprint density at radius 1 is 1.25 bits per heavy atom. The van der Waals surface area contributed by atoms with Crippen LogP contribution in [0, 0.1) is 0 Å². The van der Waals surface area contributed by atoms with Crippen molar-refractivity contribution in [3.63, 3.8) is 0 Å². The summed E-state index contributed by atoms with van der Waals surface area (Å²) < 4.78 is 34.7. The number of aromatic nitrogens is 2. The van der Waals surface area contributed by atoms with E-state index in [1.54, 1.807) is 18.2 Å².